The molecular weight excluding hydrogens is 352 g/mol. The Morgan fingerprint density at radius 3 is 2.77 bits per heavy atom. The molecular formula is C21H31ClO4. The fraction of sp³-hybridized carbons (Fsp3) is 0.952. The summed E-state index contributed by atoms with van der Waals surface area (Å²) in [5, 5.41) is 19.7. The highest BCUT2D eigenvalue weighted by Gasteiger charge is 2.72. The van der Waals surface area contributed by atoms with E-state index in [9.17, 15) is 15.0 Å². The van der Waals surface area contributed by atoms with Gasteiger partial charge in [-0.1, -0.05) is 6.92 Å². The van der Waals surface area contributed by atoms with Crippen LogP contribution in [-0.4, -0.2) is 46.3 Å². The quantitative estimate of drug-likeness (QED) is 0.720. The van der Waals surface area contributed by atoms with Gasteiger partial charge in [0.2, 0.25) is 0 Å². The summed E-state index contributed by atoms with van der Waals surface area (Å²) in [5.41, 5.74) is 0.0271. The van der Waals surface area contributed by atoms with Crippen molar-refractivity contribution in [1.82, 2.24) is 0 Å². The average Bonchev–Trinajstić information content (AvgIpc) is 3.03. The molecule has 146 valence electrons. The van der Waals surface area contributed by atoms with E-state index in [0.29, 0.717) is 24.2 Å². The van der Waals surface area contributed by atoms with Crippen molar-refractivity contribution < 1.29 is 19.7 Å². The third-order valence-electron chi connectivity index (χ3n) is 9.51. The van der Waals surface area contributed by atoms with Crippen LogP contribution in [-0.2, 0) is 9.53 Å². The van der Waals surface area contributed by atoms with E-state index >= 15 is 0 Å². The van der Waals surface area contributed by atoms with E-state index in [1.165, 1.54) is 0 Å². The maximum absolute atomic E-state index is 12.4. The molecule has 1 aliphatic heterocycles. The van der Waals surface area contributed by atoms with Gasteiger partial charge in [0, 0.05) is 11.3 Å². The van der Waals surface area contributed by atoms with E-state index in [-0.39, 0.29) is 41.3 Å². The van der Waals surface area contributed by atoms with Gasteiger partial charge in [-0.3, -0.25) is 4.79 Å². The van der Waals surface area contributed by atoms with Gasteiger partial charge in [0.25, 0.3) is 0 Å². The Bertz CT molecular complexity index is 625. The summed E-state index contributed by atoms with van der Waals surface area (Å²) >= 11 is 7.25. The number of hydrogen-bond acceptors (Lipinski definition) is 4. The highest BCUT2D eigenvalue weighted by atomic mass is 35.5. The molecule has 2 bridgehead atoms. The van der Waals surface area contributed by atoms with Crippen LogP contribution in [0.4, 0.5) is 0 Å². The fourth-order valence-electron chi connectivity index (χ4n) is 8.35. The van der Waals surface area contributed by atoms with Crippen LogP contribution < -0.4 is 0 Å². The number of carbonyl (C=O) groups is 1. The number of Topliss-reactive ketones (excluding diaryl/α,β-unsaturated/α-hetero) is 1. The number of hydrogen-bond donors (Lipinski definition) is 2. The van der Waals surface area contributed by atoms with Crippen molar-refractivity contribution in [2.24, 2.45) is 34.5 Å². The number of fused-ring (bicyclic) bond motifs is 3. The third-order valence-corrected chi connectivity index (χ3v) is 10.3. The van der Waals surface area contributed by atoms with Gasteiger partial charge in [-0.15, -0.1) is 11.6 Å². The Hall–Kier alpha value is -0.160. The maximum atomic E-state index is 12.4. The van der Waals surface area contributed by atoms with Gasteiger partial charge in [-0.25, -0.2) is 0 Å². The maximum Gasteiger partial charge on any atom is 0.161 e. The average molecular weight is 383 g/mol. The van der Waals surface area contributed by atoms with Gasteiger partial charge in [0.1, 0.15) is 6.61 Å². The molecule has 1 heterocycles. The van der Waals surface area contributed by atoms with Gasteiger partial charge in [-0.2, -0.15) is 0 Å². The minimum Gasteiger partial charge on any atom is -0.393 e. The predicted octanol–water partition coefficient (Wildman–Crippen LogP) is 2.92. The van der Waals surface area contributed by atoms with Gasteiger partial charge in [-0.05, 0) is 74.5 Å². The second-order valence-electron chi connectivity index (χ2n) is 10.1. The number of aliphatic hydroxyl groups is 2. The zero-order valence-corrected chi connectivity index (χ0v) is 16.4. The molecule has 1 saturated heterocycles. The zero-order chi connectivity index (χ0) is 18.3. The first-order chi connectivity index (χ1) is 12.4. The fourth-order valence-corrected chi connectivity index (χ4v) is 8.97. The lowest BCUT2D eigenvalue weighted by Crippen LogP contribution is -2.63. The molecule has 5 rings (SSSR count). The molecule has 4 unspecified atom stereocenters. The molecule has 0 amide bonds. The summed E-state index contributed by atoms with van der Waals surface area (Å²) in [6, 6.07) is 0. The van der Waals surface area contributed by atoms with Crippen molar-refractivity contribution in [3.8, 4) is 0 Å². The second-order valence-corrected chi connectivity index (χ2v) is 10.8. The van der Waals surface area contributed by atoms with Gasteiger partial charge >= 0.3 is 0 Å². The Balaban J connectivity index is 1.50. The standard InChI is InChI=1S/C21H31ClO4/c1-19-6-5-15-13(14(19)2-3-16(19)17(25)10-23)8-18-21(22)9-12(24)4-7-20(15,21)11-26-18/h12-16,18,23-24H,2-11H2,1H3/t12?,13?,14?,15?,16-,18-,19+,20+,21+/m1/s1. The van der Waals surface area contributed by atoms with Crippen molar-refractivity contribution in [2.75, 3.05) is 13.2 Å². The van der Waals surface area contributed by atoms with Gasteiger partial charge < -0.3 is 14.9 Å². The topological polar surface area (TPSA) is 66.8 Å². The largest absolute Gasteiger partial charge is 0.393 e. The van der Waals surface area contributed by atoms with E-state index in [1.807, 2.05) is 0 Å². The molecule has 0 aromatic carbocycles. The number of rotatable bonds is 2. The Morgan fingerprint density at radius 1 is 1.19 bits per heavy atom. The Labute approximate surface area is 160 Å². The summed E-state index contributed by atoms with van der Waals surface area (Å²) in [6.45, 7) is 2.73. The molecule has 4 saturated carbocycles. The third kappa shape index (κ3) is 2.00. The molecule has 9 atom stereocenters. The minimum atomic E-state index is -0.404. The summed E-state index contributed by atoms with van der Waals surface area (Å²) in [5.74, 6) is 1.71. The first kappa shape index (κ1) is 17.9. The number of alkyl halides is 1. The van der Waals surface area contributed by atoms with Crippen molar-refractivity contribution in [3.05, 3.63) is 0 Å². The normalized spacial score (nSPS) is 58.0. The first-order valence-electron chi connectivity index (χ1n) is 10.5. The van der Waals surface area contributed by atoms with Crippen molar-refractivity contribution in [3.63, 3.8) is 0 Å². The first-order valence-corrected chi connectivity index (χ1v) is 10.9. The van der Waals surface area contributed by atoms with Crippen LogP contribution in [0.15, 0.2) is 0 Å². The lowest BCUT2D eigenvalue weighted by atomic mass is 9.44. The number of ether oxygens (including phenoxy) is 1. The van der Waals surface area contributed by atoms with Crippen LogP contribution in [0, 0.1) is 34.5 Å². The molecule has 0 radical (unpaired) electrons. The highest BCUT2D eigenvalue weighted by molar-refractivity contribution is 6.25. The second kappa shape index (κ2) is 5.68. The van der Waals surface area contributed by atoms with E-state index in [0.717, 1.165) is 51.6 Å². The Morgan fingerprint density at radius 2 is 2.00 bits per heavy atom. The molecule has 5 aliphatic rings. The van der Waals surface area contributed by atoms with Crippen LogP contribution in [0.25, 0.3) is 0 Å². The highest BCUT2D eigenvalue weighted by Crippen LogP contribution is 2.72. The predicted molar refractivity (Wildman–Crippen MR) is 97.9 cm³/mol. The molecule has 26 heavy (non-hydrogen) atoms. The number of carbonyl (C=O) groups excluding carboxylic acids is 1. The number of halogens is 1. The monoisotopic (exact) mass is 382 g/mol. The summed E-state index contributed by atoms with van der Waals surface area (Å²) in [6.07, 6.45) is 7.36. The van der Waals surface area contributed by atoms with Crippen LogP contribution >= 0.6 is 11.6 Å². The van der Waals surface area contributed by atoms with E-state index in [1.54, 1.807) is 0 Å². The molecule has 0 spiro atoms. The molecule has 4 aliphatic carbocycles. The summed E-state index contributed by atoms with van der Waals surface area (Å²) < 4.78 is 6.28. The molecule has 2 N–H and O–H groups in total. The SMILES string of the molecule is C[C@]12CCC3C(C[C@H]4OC[C@@]35CCC(O)C[C@]45Cl)C1CC[C@@H]2C(=O)CO. The van der Waals surface area contributed by atoms with E-state index < -0.39 is 4.87 Å². The van der Waals surface area contributed by atoms with Crippen LogP contribution in [0.5, 0.6) is 0 Å². The van der Waals surface area contributed by atoms with Gasteiger partial charge in [0.15, 0.2) is 5.78 Å². The van der Waals surface area contributed by atoms with Crippen molar-refractivity contribution in [2.45, 2.75) is 75.4 Å². The summed E-state index contributed by atoms with van der Waals surface area (Å²) in [7, 11) is 0. The van der Waals surface area contributed by atoms with Crippen LogP contribution in [0.2, 0.25) is 0 Å². The van der Waals surface area contributed by atoms with Gasteiger partial charge in [0.05, 0.1) is 23.7 Å². The zero-order valence-electron chi connectivity index (χ0n) is 15.6. The molecule has 0 aromatic rings. The van der Waals surface area contributed by atoms with Crippen LogP contribution in [0.3, 0.4) is 0 Å². The minimum absolute atomic E-state index is 0.00176. The Kier molecular flexibility index (Phi) is 3.91. The number of ketones is 1. The van der Waals surface area contributed by atoms with E-state index in [4.69, 9.17) is 16.3 Å². The van der Waals surface area contributed by atoms with Crippen molar-refractivity contribution in [1.29, 1.82) is 0 Å². The molecule has 5 heteroatoms. The molecule has 0 aromatic heterocycles. The van der Waals surface area contributed by atoms with Crippen LogP contribution in [0.1, 0.15) is 58.3 Å². The van der Waals surface area contributed by atoms with E-state index in [2.05, 4.69) is 6.92 Å². The molecule has 4 nitrogen and oxygen atoms in total. The van der Waals surface area contributed by atoms with Crippen molar-refractivity contribution >= 4 is 17.4 Å². The summed E-state index contributed by atoms with van der Waals surface area (Å²) in [4.78, 5) is 12.0. The smallest absolute Gasteiger partial charge is 0.161 e. The number of aliphatic hydroxyl groups excluding tert-OH is 2. The lowest BCUT2D eigenvalue weighted by Gasteiger charge is -2.62. The lowest BCUT2D eigenvalue weighted by molar-refractivity contribution is -0.136. The molecule has 5 fully saturated rings.